The monoisotopic (exact) mass is 351 g/mol. The number of hydrogen-bond donors (Lipinski definition) is 1. The van der Waals surface area contributed by atoms with Gasteiger partial charge in [0.1, 0.15) is 0 Å². The van der Waals surface area contributed by atoms with Gasteiger partial charge in [-0.05, 0) is 54.8 Å². The molecule has 20 heavy (non-hydrogen) atoms. The van der Waals surface area contributed by atoms with Gasteiger partial charge in [0.25, 0.3) is 0 Å². The molecule has 0 aliphatic heterocycles. The van der Waals surface area contributed by atoms with Crippen molar-refractivity contribution in [1.82, 2.24) is 5.32 Å². The molecule has 2 aromatic rings. The van der Waals surface area contributed by atoms with Gasteiger partial charge < -0.3 is 5.32 Å². The van der Waals surface area contributed by atoms with E-state index in [1.807, 2.05) is 12.1 Å². The van der Waals surface area contributed by atoms with E-state index >= 15 is 0 Å². The summed E-state index contributed by atoms with van der Waals surface area (Å²) in [6.07, 6.45) is 2.04. The maximum absolute atomic E-state index is 5.94. The zero-order valence-electron chi connectivity index (χ0n) is 11.6. The highest BCUT2D eigenvalue weighted by Gasteiger charge is 2.10. The van der Waals surface area contributed by atoms with Gasteiger partial charge in [0.2, 0.25) is 0 Å². The zero-order valence-corrected chi connectivity index (χ0v) is 13.9. The number of likely N-dealkylation sites (N-methyl/N-ethyl adjacent to an activating group) is 1. The average Bonchev–Trinajstić information content (AvgIpc) is 2.42. The van der Waals surface area contributed by atoms with Crippen LogP contribution < -0.4 is 5.32 Å². The van der Waals surface area contributed by atoms with E-state index in [1.54, 1.807) is 0 Å². The molecule has 0 saturated carbocycles. The molecular weight excluding hydrogens is 334 g/mol. The van der Waals surface area contributed by atoms with Crippen LogP contribution in [-0.4, -0.2) is 12.6 Å². The fraction of sp³-hybridized carbons (Fsp3) is 0.294. The maximum Gasteiger partial charge on any atom is 0.0406 e. The Kier molecular flexibility index (Phi) is 6.08. The third kappa shape index (κ3) is 4.93. The smallest absolute Gasteiger partial charge is 0.0406 e. The largest absolute Gasteiger partial charge is 0.314 e. The topological polar surface area (TPSA) is 12.0 Å². The summed E-state index contributed by atoms with van der Waals surface area (Å²) in [5.74, 6) is 0. The number of nitrogens with one attached hydrogen (secondary N) is 1. The van der Waals surface area contributed by atoms with Gasteiger partial charge in [-0.25, -0.2) is 0 Å². The zero-order chi connectivity index (χ0) is 14.4. The Morgan fingerprint density at radius 3 is 2.40 bits per heavy atom. The number of hydrogen-bond acceptors (Lipinski definition) is 1. The van der Waals surface area contributed by atoms with Crippen molar-refractivity contribution < 1.29 is 0 Å². The summed E-state index contributed by atoms with van der Waals surface area (Å²) in [4.78, 5) is 0. The van der Waals surface area contributed by atoms with Gasteiger partial charge >= 0.3 is 0 Å². The lowest BCUT2D eigenvalue weighted by molar-refractivity contribution is 0.521. The second-order valence-electron chi connectivity index (χ2n) is 4.92. The summed E-state index contributed by atoms with van der Waals surface area (Å²) in [6.45, 7) is 3.13. The Morgan fingerprint density at radius 2 is 1.75 bits per heavy atom. The lowest BCUT2D eigenvalue weighted by Crippen LogP contribution is -2.33. The van der Waals surface area contributed by atoms with Gasteiger partial charge in [-0.1, -0.05) is 58.7 Å². The van der Waals surface area contributed by atoms with Crippen LogP contribution in [0.15, 0.2) is 53.0 Å². The van der Waals surface area contributed by atoms with Crippen LogP contribution in [0.25, 0.3) is 0 Å². The highest BCUT2D eigenvalue weighted by molar-refractivity contribution is 9.10. The molecule has 1 N–H and O–H groups in total. The molecule has 1 nitrogen and oxygen atoms in total. The first kappa shape index (κ1) is 15.6. The van der Waals surface area contributed by atoms with Crippen molar-refractivity contribution in [1.29, 1.82) is 0 Å². The van der Waals surface area contributed by atoms with Crippen LogP contribution >= 0.6 is 27.5 Å². The van der Waals surface area contributed by atoms with Crippen molar-refractivity contribution >= 4 is 27.5 Å². The fourth-order valence-corrected chi connectivity index (χ4v) is 2.93. The molecule has 0 fully saturated rings. The lowest BCUT2D eigenvalue weighted by atomic mass is 9.99. The summed E-state index contributed by atoms with van der Waals surface area (Å²) in [7, 11) is 0. The highest BCUT2D eigenvalue weighted by atomic mass is 79.9. The molecule has 0 bridgehead atoms. The van der Waals surface area contributed by atoms with E-state index in [9.17, 15) is 0 Å². The molecular formula is C17H19BrClN. The van der Waals surface area contributed by atoms with Crippen molar-refractivity contribution in [2.24, 2.45) is 0 Å². The van der Waals surface area contributed by atoms with E-state index in [2.05, 4.69) is 64.6 Å². The Bertz CT molecular complexity index is 539. The molecule has 0 heterocycles. The normalized spacial score (nSPS) is 12.3. The molecule has 1 atom stereocenters. The summed E-state index contributed by atoms with van der Waals surface area (Å²) in [5.41, 5.74) is 2.66. The molecule has 0 amide bonds. The van der Waals surface area contributed by atoms with Crippen molar-refractivity contribution in [2.75, 3.05) is 6.54 Å². The predicted molar refractivity (Wildman–Crippen MR) is 90.5 cm³/mol. The molecule has 2 rings (SSSR count). The minimum atomic E-state index is 0.440. The van der Waals surface area contributed by atoms with Gasteiger partial charge in [0.05, 0.1) is 0 Å². The van der Waals surface area contributed by atoms with Crippen LogP contribution in [0.4, 0.5) is 0 Å². The van der Waals surface area contributed by atoms with Crippen LogP contribution in [0.3, 0.4) is 0 Å². The first-order valence-corrected chi connectivity index (χ1v) is 8.06. The molecule has 0 aliphatic carbocycles. The molecule has 0 spiro atoms. The lowest BCUT2D eigenvalue weighted by Gasteiger charge is -2.18. The summed E-state index contributed by atoms with van der Waals surface area (Å²) in [5, 5.41) is 4.36. The van der Waals surface area contributed by atoms with Gasteiger partial charge in [0.15, 0.2) is 0 Å². The Labute approximate surface area is 134 Å². The molecule has 0 aromatic heterocycles. The summed E-state index contributed by atoms with van der Waals surface area (Å²) in [6, 6.07) is 17.1. The highest BCUT2D eigenvalue weighted by Crippen LogP contribution is 2.16. The van der Waals surface area contributed by atoms with E-state index < -0.39 is 0 Å². The second kappa shape index (κ2) is 7.82. The minimum absolute atomic E-state index is 0.440. The standard InChI is InChI=1S/C17H19BrClN/c1-2-20-17(11-13-6-8-16(19)9-7-13)12-14-4-3-5-15(18)10-14/h3-10,17,20H,2,11-12H2,1H3. The SMILES string of the molecule is CCNC(Cc1ccc(Cl)cc1)Cc1cccc(Br)c1. The third-order valence-corrected chi connectivity index (χ3v) is 4.00. The Hall–Kier alpha value is -0.830. The molecule has 106 valence electrons. The van der Waals surface area contributed by atoms with Gasteiger partial charge in [-0.2, -0.15) is 0 Å². The van der Waals surface area contributed by atoms with E-state index in [4.69, 9.17) is 11.6 Å². The van der Waals surface area contributed by atoms with Crippen molar-refractivity contribution in [2.45, 2.75) is 25.8 Å². The average molecular weight is 353 g/mol. The quantitative estimate of drug-likeness (QED) is 0.782. The van der Waals surface area contributed by atoms with Gasteiger partial charge in [-0.3, -0.25) is 0 Å². The van der Waals surface area contributed by atoms with E-state index in [0.29, 0.717) is 6.04 Å². The molecule has 0 radical (unpaired) electrons. The molecule has 1 unspecified atom stereocenters. The first-order chi connectivity index (χ1) is 9.67. The molecule has 0 saturated heterocycles. The molecule has 0 aliphatic rings. The first-order valence-electron chi connectivity index (χ1n) is 6.89. The van der Waals surface area contributed by atoms with Crippen LogP contribution in [0.1, 0.15) is 18.1 Å². The summed E-state index contributed by atoms with van der Waals surface area (Å²) >= 11 is 9.47. The third-order valence-electron chi connectivity index (χ3n) is 3.26. The summed E-state index contributed by atoms with van der Waals surface area (Å²) < 4.78 is 1.14. The Morgan fingerprint density at radius 1 is 1.05 bits per heavy atom. The fourth-order valence-electron chi connectivity index (χ4n) is 2.36. The van der Waals surface area contributed by atoms with Crippen molar-refractivity contribution in [3.63, 3.8) is 0 Å². The van der Waals surface area contributed by atoms with Crippen LogP contribution in [0.2, 0.25) is 5.02 Å². The molecule has 2 aromatic carbocycles. The Balaban J connectivity index is 2.05. The maximum atomic E-state index is 5.94. The van der Waals surface area contributed by atoms with Crippen molar-refractivity contribution in [3.8, 4) is 0 Å². The van der Waals surface area contributed by atoms with Crippen LogP contribution in [0.5, 0.6) is 0 Å². The second-order valence-corrected chi connectivity index (χ2v) is 6.27. The van der Waals surface area contributed by atoms with Crippen molar-refractivity contribution in [3.05, 3.63) is 69.2 Å². The van der Waals surface area contributed by atoms with E-state index in [-0.39, 0.29) is 0 Å². The number of benzene rings is 2. The van der Waals surface area contributed by atoms with Gasteiger partial charge in [-0.15, -0.1) is 0 Å². The molecule has 3 heteroatoms. The number of halogens is 2. The van der Waals surface area contributed by atoms with E-state index in [0.717, 1.165) is 28.9 Å². The van der Waals surface area contributed by atoms with Gasteiger partial charge in [0, 0.05) is 15.5 Å². The van der Waals surface area contributed by atoms with E-state index in [1.165, 1.54) is 11.1 Å². The number of rotatable bonds is 6. The predicted octanol–water partition coefficient (Wildman–Crippen LogP) is 4.87. The van der Waals surface area contributed by atoms with Crippen LogP contribution in [-0.2, 0) is 12.8 Å². The minimum Gasteiger partial charge on any atom is -0.314 e. The van der Waals surface area contributed by atoms with Crippen LogP contribution in [0, 0.1) is 0 Å².